The summed E-state index contributed by atoms with van der Waals surface area (Å²) in [5.74, 6) is 1.14. The molecule has 0 bridgehead atoms. The van der Waals surface area contributed by atoms with Crippen molar-refractivity contribution in [1.29, 1.82) is 0 Å². The lowest BCUT2D eigenvalue weighted by Gasteiger charge is -2.26. The van der Waals surface area contributed by atoms with Crippen LogP contribution in [-0.4, -0.2) is 89.8 Å². The number of nitrogens with zero attached hydrogens (tertiary/aromatic N) is 2. The third kappa shape index (κ3) is 18.0. The van der Waals surface area contributed by atoms with Gasteiger partial charge in [-0.15, -0.1) is 0 Å². The summed E-state index contributed by atoms with van der Waals surface area (Å²) >= 11 is 9.71. The second-order valence-electron chi connectivity index (χ2n) is 9.24. The lowest BCUT2D eigenvalue weighted by molar-refractivity contribution is -0.193. The van der Waals surface area contributed by atoms with Crippen LogP contribution in [0, 0.1) is 0 Å². The van der Waals surface area contributed by atoms with E-state index in [1.54, 1.807) is 18.2 Å². The summed E-state index contributed by atoms with van der Waals surface area (Å²) < 4.78 is 27.9. The van der Waals surface area contributed by atoms with Crippen LogP contribution in [0.1, 0.15) is 39.5 Å². The molecule has 260 valence electrons. The minimum Gasteiger partial charge on any atom is -0.493 e. The smallest absolute Gasteiger partial charge is 0.373 e. The van der Waals surface area contributed by atoms with E-state index in [-0.39, 0.29) is 50.5 Å². The Morgan fingerprint density at radius 2 is 1.23 bits per heavy atom. The molecule has 13 nitrogen and oxygen atoms in total. The number of benzene rings is 2. The quantitative estimate of drug-likeness (QED) is 0.102. The van der Waals surface area contributed by atoms with Gasteiger partial charge in [-0.2, -0.15) is 19.2 Å². The summed E-state index contributed by atoms with van der Waals surface area (Å²) in [6.07, 6.45) is 4.89. The number of carbonyl (C=O) groups is 2. The Morgan fingerprint density at radius 1 is 0.702 bits per heavy atom. The van der Waals surface area contributed by atoms with Crippen LogP contribution in [0.25, 0.3) is 0 Å². The molecule has 0 aromatic heterocycles. The van der Waals surface area contributed by atoms with Gasteiger partial charge in [0.15, 0.2) is 0 Å². The van der Waals surface area contributed by atoms with Crippen molar-refractivity contribution in [2.45, 2.75) is 39.5 Å². The van der Waals surface area contributed by atoms with Crippen molar-refractivity contribution in [3.63, 3.8) is 0 Å². The van der Waals surface area contributed by atoms with Crippen molar-refractivity contribution in [2.24, 2.45) is 0 Å². The van der Waals surface area contributed by atoms with Crippen molar-refractivity contribution in [1.82, 2.24) is 0 Å². The Labute approximate surface area is 288 Å². The monoisotopic (exact) mass is 744 g/mol. The Hall–Kier alpha value is -4.09. The van der Waals surface area contributed by atoms with Crippen LogP contribution in [0.2, 0.25) is 5.02 Å². The fraction of sp³-hybridized carbons (Fsp3) is 0.500. The van der Waals surface area contributed by atoms with Crippen molar-refractivity contribution in [3.8, 4) is 17.2 Å². The van der Waals surface area contributed by atoms with E-state index in [0.717, 1.165) is 36.7 Å². The average Bonchev–Trinajstić information content (AvgIpc) is 3.07. The maximum Gasteiger partial charge on any atom is 0.373 e. The number of ether oxygens (including phenoxy) is 5. The predicted molar refractivity (Wildman–Crippen MR) is 176 cm³/mol. The zero-order chi connectivity index (χ0) is 35.5. The molecule has 0 aliphatic rings. The number of carbonyl (C=O) groups excluding carboxylic acids is 6. The van der Waals surface area contributed by atoms with Crippen LogP contribution in [0.3, 0.4) is 0 Å². The summed E-state index contributed by atoms with van der Waals surface area (Å²) in [6, 6.07) is 10.9. The van der Waals surface area contributed by atoms with E-state index < -0.39 is 0 Å². The molecule has 0 spiro atoms. The van der Waals surface area contributed by atoms with E-state index in [2.05, 4.69) is 15.9 Å². The number of hydrogen-bond donors (Lipinski definition) is 0. The van der Waals surface area contributed by atoms with Gasteiger partial charge >= 0.3 is 24.2 Å². The summed E-state index contributed by atoms with van der Waals surface area (Å²) in [5, 5.41) is 1.55. The fourth-order valence-electron chi connectivity index (χ4n) is 4.04. The number of rotatable bonds is 20. The number of anilines is 2. The molecule has 47 heavy (non-hydrogen) atoms. The summed E-state index contributed by atoms with van der Waals surface area (Å²) in [4.78, 5) is 60.2. The van der Waals surface area contributed by atoms with Gasteiger partial charge in [-0.25, -0.2) is 0 Å². The molecule has 0 saturated heterocycles. The molecule has 0 heterocycles. The van der Waals surface area contributed by atoms with Gasteiger partial charge in [0.2, 0.25) is 0 Å². The highest BCUT2D eigenvalue weighted by Crippen LogP contribution is 2.34. The minimum absolute atomic E-state index is 0.0694. The van der Waals surface area contributed by atoms with Crippen molar-refractivity contribution in [3.05, 3.63) is 41.4 Å². The first-order valence-corrected chi connectivity index (χ1v) is 16.2. The highest BCUT2D eigenvalue weighted by molar-refractivity contribution is 9.09. The zero-order valence-corrected chi connectivity index (χ0v) is 29.4. The van der Waals surface area contributed by atoms with Crippen LogP contribution in [0.4, 0.5) is 11.4 Å². The van der Waals surface area contributed by atoms with Crippen LogP contribution in [0.5, 0.6) is 17.2 Å². The molecular weight excluding hydrogens is 704 g/mol. The van der Waals surface area contributed by atoms with Crippen LogP contribution in [-0.2, 0) is 38.2 Å². The Kier molecular flexibility index (Phi) is 24.7. The summed E-state index contributed by atoms with van der Waals surface area (Å²) in [7, 11) is 2.73. The first-order chi connectivity index (χ1) is 22.7. The van der Waals surface area contributed by atoms with Crippen LogP contribution >= 0.6 is 27.5 Å². The molecule has 2 aromatic rings. The standard InChI is InChI=1S/C30H42BrClN2O7.2CO2/c1-5-33(21-29(35)37-3)25-13-12-24(39-16-10-8-7-9-15-31)20-28(25)41-18-17-40-27-14-11-23(32)19-26(27)34(6-2)22-30(36)38-4;2*2-1-3/h11-14,19-20H,5-10,15-18,21-22H2,1-4H3;;. The van der Waals surface area contributed by atoms with Crippen molar-refractivity contribution >= 4 is 63.1 Å². The number of methoxy groups -OCH3 is 2. The molecule has 0 unspecified atom stereocenters. The molecule has 2 aromatic carbocycles. The van der Waals surface area contributed by atoms with E-state index in [1.165, 1.54) is 14.2 Å². The molecule has 0 saturated carbocycles. The molecule has 15 heteroatoms. The summed E-state index contributed by atoms with van der Waals surface area (Å²) in [6.45, 7) is 6.26. The van der Waals surface area contributed by atoms with Gasteiger partial charge in [-0.05, 0) is 57.0 Å². The lowest BCUT2D eigenvalue weighted by Crippen LogP contribution is -2.31. The largest absolute Gasteiger partial charge is 0.493 e. The number of esters is 2. The van der Waals surface area contributed by atoms with Gasteiger partial charge in [-0.3, -0.25) is 9.59 Å². The topological polar surface area (TPSA) is 155 Å². The number of likely N-dealkylation sites (N-methyl/N-ethyl adjacent to an activating group) is 2. The molecule has 0 atom stereocenters. The van der Waals surface area contributed by atoms with E-state index in [9.17, 15) is 9.59 Å². The number of alkyl halides is 1. The molecule has 0 amide bonds. The van der Waals surface area contributed by atoms with E-state index in [1.807, 2.05) is 41.8 Å². The normalized spacial score (nSPS) is 9.57. The predicted octanol–water partition coefficient (Wildman–Crippen LogP) is 4.96. The molecule has 0 aliphatic carbocycles. The van der Waals surface area contributed by atoms with Gasteiger partial charge in [0, 0.05) is 29.5 Å². The zero-order valence-electron chi connectivity index (χ0n) is 27.1. The molecule has 0 fully saturated rings. The van der Waals surface area contributed by atoms with Crippen LogP contribution < -0.4 is 24.0 Å². The van der Waals surface area contributed by atoms with Gasteiger partial charge in [0.25, 0.3) is 0 Å². The van der Waals surface area contributed by atoms with Gasteiger partial charge in [-0.1, -0.05) is 40.4 Å². The minimum atomic E-state index is -0.359. The van der Waals surface area contributed by atoms with Crippen molar-refractivity contribution in [2.75, 3.05) is 75.3 Å². The fourth-order valence-corrected chi connectivity index (χ4v) is 4.60. The third-order valence-corrected chi connectivity index (χ3v) is 7.08. The number of hydrogen-bond acceptors (Lipinski definition) is 13. The van der Waals surface area contributed by atoms with E-state index in [4.69, 9.17) is 54.5 Å². The molecule has 0 N–H and O–H groups in total. The second kappa shape index (κ2) is 27.1. The average molecular weight is 746 g/mol. The van der Waals surface area contributed by atoms with E-state index >= 15 is 0 Å². The van der Waals surface area contributed by atoms with Gasteiger partial charge in [0.05, 0.1) is 32.2 Å². The maximum atomic E-state index is 12.0. The van der Waals surface area contributed by atoms with Crippen molar-refractivity contribution < 1.29 is 52.5 Å². The highest BCUT2D eigenvalue weighted by Gasteiger charge is 2.18. The highest BCUT2D eigenvalue weighted by atomic mass is 79.9. The Bertz CT molecular complexity index is 1260. The first-order valence-electron chi connectivity index (χ1n) is 14.7. The Morgan fingerprint density at radius 3 is 1.77 bits per heavy atom. The maximum absolute atomic E-state index is 12.0. The molecule has 0 aliphatic heterocycles. The first kappa shape index (κ1) is 42.9. The van der Waals surface area contributed by atoms with Gasteiger partial charge < -0.3 is 33.5 Å². The van der Waals surface area contributed by atoms with Crippen LogP contribution in [0.15, 0.2) is 36.4 Å². The number of halogens is 2. The van der Waals surface area contributed by atoms with E-state index in [0.29, 0.717) is 47.7 Å². The molecule has 0 radical (unpaired) electrons. The third-order valence-electron chi connectivity index (χ3n) is 6.29. The number of unbranched alkanes of at least 4 members (excludes halogenated alkanes) is 3. The molecule has 2 rings (SSSR count). The second-order valence-corrected chi connectivity index (χ2v) is 10.5. The SMILES string of the molecule is CCN(CC(=O)OC)c1ccc(OCCCCCCBr)cc1OCCOc1ccc(Cl)cc1N(CC)CC(=O)OC.O=C=O.O=C=O. The summed E-state index contributed by atoms with van der Waals surface area (Å²) in [5.41, 5.74) is 1.44. The molecular formula is C32H42BrClN2O11. The van der Waals surface area contributed by atoms with Gasteiger partial charge in [0.1, 0.15) is 43.6 Å². The lowest BCUT2D eigenvalue weighted by atomic mass is 10.2. The Balaban J connectivity index is 0.00000326.